The predicted octanol–water partition coefficient (Wildman–Crippen LogP) is 3.97. The molecule has 0 saturated heterocycles. The van der Waals surface area contributed by atoms with Crippen LogP contribution < -0.4 is 5.32 Å². The summed E-state index contributed by atoms with van der Waals surface area (Å²) in [6, 6.07) is 0. The number of alkyl halides is 1. The minimum absolute atomic E-state index is 0.0976. The Morgan fingerprint density at radius 1 is 1.24 bits per heavy atom. The van der Waals surface area contributed by atoms with Crippen LogP contribution in [0.5, 0.6) is 0 Å². The summed E-state index contributed by atoms with van der Waals surface area (Å²) in [5.41, 5.74) is 0.0976. The molecule has 1 amide bonds. The Hall–Kier alpha value is -0.240. The van der Waals surface area contributed by atoms with Gasteiger partial charge in [0.15, 0.2) is 0 Å². The van der Waals surface area contributed by atoms with Crippen molar-refractivity contribution < 1.29 is 4.79 Å². The molecule has 102 valence electrons. The normalized spacial score (nSPS) is 11.9. The molecule has 0 aromatic carbocycles. The standard InChI is InChI=1S/C14H28ClNO/c1-5-7-12(8-6-2)13(17)16-11-14(3,4)9-10-15/h12H,5-11H2,1-4H3,(H,16,17). The summed E-state index contributed by atoms with van der Waals surface area (Å²) >= 11 is 5.75. The average molecular weight is 262 g/mol. The van der Waals surface area contributed by atoms with Gasteiger partial charge >= 0.3 is 0 Å². The summed E-state index contributed by atoms with van der Waals surface area (Å²) in [5, 5.41) is 3.08. The van der Waals surface area contributed by atoms with Crippen LogP contribution in [-0.2, 0) is 4.79 Å². The third-order valence-electron chi connectivity index (χ3n) is 3.16. The topological polar surface area (TPSA) is 29.1 Å². The molecule has 0 aliphatic heterocycles. The summed E-state index contributed by atoms with van der Waals surface area (Å²) < 4.78 is 0. The maximum Gasteiger partial charge on any atom is 0.223 e. The van der Waals surface area contributed by atoms with Gasteiger partial charge < -0.3 is 5.32 Å². The van der Waals surface area contributed by atoms with Crippen LogP contribution in [0.4, 0.5) is 0 Å². The van der Waals surface area contributed by atoms with E-state index in [-0.39, 0.29) is 17.2 Å². The molecule has 0 bridgehead atoms. The zero-order valence-corrected chi connectivity index (χ0v) is 12.6. The van der Waals surface area contributed by atoms with Gasteiger partial charge in [-0.2, -0.15) is 0 Å². The fraction of sp³-hybridized carbons (Fsp3) is 0.929. The molecule has 0 aromatic heterocycles. The lowest BCUT2D eigenvalue weighted by Crippen LogP contribution is -2.37. The van der Waals surface area contributed by atoms with Crippen LogP contribution >= 0.6 is 11.6 Å². The number of nitrogens with one attached hydrogen (secondary N) is 1. The fourth-order valence-corrected chi connectivity index (χ4v) is 2.43. The Labute approximate surface area is 111 Å². The van der Waals surface area contributed by atoms with Crippen molar-refractivity contribution in [3.05, 3.63) is 0 Å². The van der Waals surface area contributed by atoms with Gasteiger partial charge in [-0.15, -0.1) is 11.6 Å². The molecule has 3 heteroatoms. The molecule has 0 aliphatic rings. The monoisotopic (exact) mass is 261 g/mol. The molecule has 0 aromatic rings. The largest absolute Gasteiger partial charge is 0.355 e. The Bertz CT molecular complexity index is 210. The van der Waals surface area contributed by atoms with Crippen LogP contribution in [0.3, 0.4) is 0 Å². The molecule has 0 saturated carbocycles. The Balaban J connectivity index is 4.12. The highest BCUT2D eigenvalue weighted by Crippen LogP contribution is 2.20. The van der Waals surface area contributed by atoms with E-state index >= 15 is 0 Å². The summed E-state index contributed by atoms with van der Waals surface area (Å²) in [5.74, 6) is 1.06. The summed E-state index contributed by atoms with van der Waals surface area (Å²) in [4.78, 5) is 12.0. The maximum atomic E-state index is 12.0. The van der Waals surface area contributed by atoms with Crippen molar-refractivity contribution in [2.24, 2.45) is 11.3 Å². The van der Waals surface area contributed by atoms with Gasteiger partial charge in [-0.25, -0.2) is 0 Å². The number of carbonyl (C=O) groups excluding carboxylic acids is 1. The molecule has 0 heterocycles. The van der Waals surface area contributed by atoms with Crippen molar-refractivity contribution in [1.29, 1.82) is 0 Å². The SMILES string of the molecule is CCCC(CCC)C(=O)NCC(C)(C)CCCl. The predicted molar refractivity (Wildman–Crippen MR) is 75.4 cm³/mol. The van der Waals surface area contributed by atoms with E-state index in [1.54, 1.807) is 0 Å². The minimum atomic E-state index is 0.0976. The third-order valence-corrected chi connectivity index (χ3v) is 3.35. The Morgan fingerprint density at radius 2 is 1.76 bits per heavy atom. The molecule has 1 N–H and O–H groups in total. The lowest BCUT2D eigenvalue weighted by Gasteiger charge is -2.25. The minimum Gasteiger partial charge on any atom is -0.355 e. The molecule has 17 heavy (non-hydrogen) atoms. The molecule has 0 fully saturated rings. The summed E-state index contributed by atoms with van der Waals surface area (Å²) in [7, 11) is 0. The van der Waals surface area contributed by atoms with Crippen LogP contribution in [0.1, 0.15) is 59.8 Å². The van der Waals surface area contributed by atoms with Crippen LogP contribution in [0, 0.1) is 11.3 Å². The third kappa shape index (κ3) is 7.64. The molecule has 0 radical (unpaired) electrons. The van der Waals surface area contributed by atoms with Gasteiger partial charge in [-0.05, 0) is 24.7 Å². The summed E-state index contributed by atoms with van der Waals surface area (Å²) in [6.45, 7) is 9.28. The van der Waals surface area contributed by atoms with E-state index in [4.69, 9.17) is 11.6 Å². The number of carbonyl (C=O) groups is 1. The van der Waals surface area contributed by atoms with E-state index in [0.29, 0.717) is 5.88 Å². The van der Waals surface area contributed by atoms with Gasteiger partial charge in [0.1, 0.15) is 0 Å². The first-order chi connectivity index (χ1) is 7.96. The van der Waals surface area contributed by atoms with Gasteiger partial charge in [-0.3, -0.25) is 4.79 Å². The maximum absolute atomic E-state index is 12.0. The lowest BCUT2D eigenvalue weighted by molar-refractivity contribution is -0.125. The number of rotatable bonds is 9. The van der Waals surface area contributed by atoms with Crippen molar-refractivity contribution in [3.63, 3.8) is 0 Å². The van der Waals surface area contributed by atoms with E-state index in [9.17, 15) is 4.79 Å². The molecule has 0 rings (SSSR count). The van der Waals surface area contributed by atoms with Crippen molar-refractivity contribution in [1.82, 2.24) is 5.32 Å². The Kier molecular flexibility index (Phi) is 8.67. The molecule has 0 unspecified atom stereocenters. The van der Waals surface area contributed by atoms with Crippen LogP contribution in [0.15, 0.2) is 0 Å². The van der Waals surface area contributed by atoms with E-state index in [0.717, 1.165) is 38.6 Å². The van der Waals surface area contributed by atoms with Gasteiger partial charge in [0.2, 0.25) is 5.91 Å². The molecule has 2 nitrogen and oxygen atoms in total. The van der Waals surface area contributed by atoms with Crippen LogP contribution in [0.25, 0.3) is 0 Å². The molecule has 0 spiro atoms. The Morgan fingerprint density at radius 3 is 2.18 bits per heavy atom. The van der Waals surface area contributed by atoms with E-state index < -0.39 is 0 Å². The van der Waals surface area contributed by atoms with Gasteiger partial charge in [0.05, 0.1) is 0 Å². The number of halogens is 1. The molecular formula is C14H28ClNO. The van der Waals surface area contributed by atoms with Crippen molar-refractivity contribution in [2.45, 2.75) is 59.8 Å². The highest BCUT2D eigenvalue weighted by molar-refractivity contribution is 6.17. The van der Waals surface area contributed by atoms with E-state index in [1.165, 1.54) is 0 Å². The fourth-order valence-electron chi connectivity index (χ4n) is 1.92. The highest BCUT2D eigenvalue weighted by atomic mass is 35.5. The molecule has 0 atom stereocenters. The van der Waals surface area contributed by atoms with Crippen molar-refractivity contribution >= 4 is 17.5 Å². The summed E-state index contributed by atoms with van der Waals surface area (Å²) in [6.07, 6.45) is 5.07. The molecule has 0 aliphatic carbocycles. The second kappa shape index (κ2) is 8.79. The van der Waals surface area contributed by atoms with E-state index in [1.807, 2.05) is 0 Å². The highest BCUT2D eigenvalue weighted by Gasteiger charge is 2.21. The van der Waals surface area contributed by atoms with Gasteiger partial charge in [-0.1, -0.05) is 40.5 Å². The van der Waals surface area contributed by atoms with Crippen molar-refractivity contribution in [2.75, 3.05) is 12.4 Å². The zero-order chi connectivity index (χ0) is 13.3. The zero-order valence-electron chi connectivity index (χ0n) is 11.8. The smallest absolute Gasteiger partial charge is 0.223 e. The number of amides is 1. The van der Waals surface area contributed by atoms with Gasteiger partial charge in [0.25, 0.3) is 0 Å². The van der Waals surface area contributed by atoms with Crippen molar-refractivity contribution in [3.8, 4) is 0 Å². The first-order valence-electron chi connectivity index (χ1n) is 6.80. The van der Waals surface area contributed by atoms with Crippen LogP contribution in [-0.4, -0.2) is 18.3 Å². The number of hydrogen-bond donors (Lipinski definition) is 1. The van der Waals surface area contributed by atoms with E-state index in [2.05, 4.69) is 33.0 Å². The quantitative estimate of drug-likeness (QED) is 0.625. The van der Waals surface area contributed by atoms with Gasteiger partial charge in [0, 0.05) is 18.3 Å². The first-order valence-corrected chi connectivity index (χ1v) is 7.34. The average Bonchev–Trinajstić information content (AvgIpc) is 2.26. The van der Waals surface area contributed by atoms with Crippen LogP contribution in [0.2, 0.25) is 0 Å². The second-order valence-corrected chi connectivity index (χ2v) is 5.97. The number of hydrogen-bond acceptors (Lipinski definition) is 1. The lowest BCUT2D eigenvalue weighted by atomic mass is 9.89. The second-order valence-electron chi connectivity index (χ2n) is 5.60. The molecular weight excluding hydrogens is 234 g/mol. The first kappa shape index (κ1) is 16.8.